The van der Waals surface area contributed by atoms with E-state index < -0.39 is 0 Å². The Bertz CT molecular complexity index is 850. The topological polar surface area (TPSA) is 44.4 Å². The second-order valence-corrected chi connectivity index (χ2v) is 8.10. The number of amides is 2. The van der Waals surface area contributed by atoms with Gasteiger partial charge in [-0.2, -0.15) is 0 Å². The minimum Gasteiger partial charge on any atom is -0.316 e. The summed E-state index contributed by atoms with van der Waals surface area (Å²) in [4.78, 5) is 14.3. The van der Waals surface area contributed by atoms with Gasteiger partial charge in [-0.3, -0.25) is 0 Å². The van der Waals surface area contributed by atoms with Crippen LogP contribution in [0, 0.1) is 17.7 Å². The quantitative estimate of drug-likeness (QED) is 0.842. The summed E-state index contributed by atoms with van der Waals surface area (Å²) in [5.74, 6) is 1.89. The number of halogens is 1. The van der Waals surface area contributed by atoms with Gasteiger partial charge in [0.25, 0.3) is 0 Å². The van der Waals surface area contributed by atoms with Gasteiger partial charge in [-0.05, 0) is 84.6 Å². The lowest BCUT2D eigenvalue weighted by molar-refractivity contribution is 0.212. The first-order chi connectivity index (χ1) is 13.2. The number of benzene rings is 2. The van der Waals surface area contributed by atoms with E-state index >= 15 is 0 Å². The Morgan fingerprint density at radius 3 is 2.44 bits per heavy atom. The molecule has 2 amide bonds. The number of hydrogen-bond donors (Lipinski definition) is 2. The van der Waals surface area contributed by atoms with Crippen molar-refractivity contribution >= 4 is 11.7 Å². The maximum absolute atomic E-state index is 13.4. The number of nitrogens with one attached hydrogen (secondary N) is 2. The number of carbonyl (C=O) groups is 1. The highest BCUT2D eigenvalue weighted by molar-refractivity contribution is 5.89. The molecule has 2 heterocycles. The summed E-state index contributed by atoms with van der Waals surface area (Å²) < 4.78 is 13.4. The molecule has 2 atom stereocenters. The Balaban J connectivity index is 1.25. The first-order valence-electron chi connectivity index (χ1n) is 9.81. The fourth-order valence-electron chi connectivity index (χ4n) is 5.13. The molecule has 2 aromatic rings. The smallest absolute Gasteiger partial charge is 0.316 e. The predicted molar refractivity (Wildman–Crippen MR) is 103 cm³/mol. The molecule has 2 bridgehead atoms. The Labute approximate surface area is 158 Å². The Morgan fingerprint density at radius 1 is 1.00 bits per heavy atom. The summed E-state index contributed by atoms with van der Waals surface area (Å²) in [7, 11) is 0. The largest absolute Gasteiger partial charge is 0.322 e. The minimum atomic E-state index is -0.251. The van der Waals surface area contributed by atoms with Gasteiger partial charge in [0.05, 0.1) is 0 Å². The van der Waals surface area contributed by atoms with Gasteiger partial charge in [0.1, 0.15) is 5.82 Å². The molecule has 4 nitrogen and oxygen atoms in total. The van der Waals surface area contributed by atoms with Crippen LogP contribution in [-0.4, -0.2) is 24.0 Å². The number of urea groups is 1. The number of hydrogen-bond acceptors (Lipinski definition) is 2. The summed E-state index contributed by atoms with van der Waals surface area (Å²) >= 11 is 0. The van der Waals surface area contributed by atoms with Gasteiger partial charge in [0.15, 0.2) is 0 Å². The molecule has 0 spiro atoms. The lowest BCUT2D eigenvalue weighted by Gasteiger charge is -2.31. The van der Waals surface area contributed by atoms with Crippen LogP contribution in [0.4, 0.5) is 14.9 Å². The van der Waals surface area contributed by atoms with E-state index in [0.717, 1.165) is 41.7 Å². The van der Waals surface area contributed by atoms with Crippen LogP contribution in [-0.2, 0) is 13.1 Å². The van der Waals surface area contributed by atoms with Crippen molar-refractivity contribution in [2.24, 2.45) is 11.8 Å². The Hall–Kier alpha value is -2.40. The normalized spacial score (nSPS) is 26.1. The molecule has 2 aliphatic heterocycles. The standard InChI is InChI=1S/C22H24FN3O/c23-19-6-3-17-12-26(13-18(17)9-19)22(27)25-20-7-4-14(5-8-20)21-15-1-2-16(21)11-24-10-15/h3-9,15-16,21,24H,1-2,10-13H2,(H,25,27). The van der Waals surface area contributed by atoms with Crippen molar-refractivity contribution in [1.29, 1.82) is 0 Å². The molecule has 2 aromatic carbocycles. The zero-order chi connectivity index (χ0) is 18.4. The molecule has 27 heavy (non-hydrogen) atoms. The molecule has 2 fully saturated rings. The van der Waals surface area contributed by atoms with Crippen molar-refractivity contribution in [3.05, 3.63) is 65.0 Å². The molecule has 5 rings (SSSR count). The highest BCUT2D eigenvalue weighted by Gasteiger charge is 2.39. The summed E-state index contributed by atoms with van der Waals surface area (Å²) in [6, 6.07) is 13.0. The van der Waals surface area contributed by atoms with Crippen LogP contribution in [0.25, 0.3) is 0 Å². The maximum atomic E-state index is 13.4. The van der Waals surface area contributed by atoms with E-state index in [1.165, 1.54) is 30.5 Å². The zero-order valence-corrected chi connectivity index (χ0v) is 15.2. The highest BCUT2D eigenvalue weighted by atomic mass is 19.1. The molecular formula is C22H24FN3O. The van der Waals surface area contributed by atoms with E-state index in [0.29, 0.717) is 19.0 Å². The van der Waals surface area contributed by atoms with E-state index in [-0.39, 0.29) is 11.8 Å². The van der Waals surface area contributed by atoms with Gasteiger partial charge >= 0.3 is 6.03 Å². The number of piperidine rings is 1. The van der Waals surface area contributed by atoms with Crippen molar-refractivity contribution in [3.63, 3.8) is 0 Å². The summed E-state index contributed by atoms with van der Waals surface area (Å²) in [5.41, 5.74) is 4.11. The van der Waals surface area contributed by atoms with E-state index in [1.54, 1.807) is 11.0 Å². The van der Waals surface area contributed by atoms with E-state index in [2.05, 4.69) is 22.8 Å². The van der Waals surface area contributed by atoms with Crippen LogP contribution in [0.15, 0.2) is 42.5 Å². The molecular weight excluding hydrogens is 341 g/mol. The van der Waals surface area contributed by atoms with Crippen molar-refractivity contribution in [2.45, 2.75) is 31.8 Å². The van der Waals surface area contributed by atoms with Crippen LogP contribution in [0.5, 0.6) is 0 Å². The van der Waals surface area contributed by atoms with Gasteiger partial charge in [-0.25, -0.2) is 9.18 Å². The van der Waals surface area contributed by atoms with Crippen molar-refractivity contribution < 1.29 is 9.18 Å². The summed E-state index contributed by atoms with van der Waals surface area (Å²) in [6.07, 6.45) is 2.63. The van der Waals surface area contributed by atoms with Gasteiger partial charge in [-0.1, -0.05) is 18.2 Å². The van der Waals surface area contributed by atoms with Crippen LogP contribution in [0.1, 0.15) is 35.4 Å². The van der Waals surface area contributed by atoms with E-state index in [4.69, 9.17) is 0 Å². The average Bonchev–Trinajstić information content (AvgIpc) is 3.20. The summed E-state index contributed by atoms with van der Waals surface area (Å²) in [5, 5.41) is 6.52. The van der Waals surface area contributed by atoms with Crippen LogP contribution >= 0.6 is 0 Å². The fourth-order valence-corrected chi connectivity index (χ4v) is 5.13. The third-order valence-corrected chi connectivity index (χ3v) is 6.46. The minimum absolute atomic E-state index is 0.138. The second kappa shape index (κ2) is 6.64. The molecule has 0 aromatic heterocycles. The highest BCUT2D eigenvalue weighted by Crippen LogP contribution is 2.45. The molecule has 5 heteroatoms. The average molecular weight is 365 g/mol. The number of carbonyl (C=O) groups excluding carboxylic acids is 1. The zero-order valence-electron chi connectivity index (χ0n) is 15.2. The molecule has 2 N–H and O–H groups in total. The predicted octanol–water partition coefficient (Wildman–Crippen LogP) is 4.09. The lowest BCUT2D eigenvalue weighted by atomic mass is 9.81. The van der Waals surface area contributed by atoms with Crippen LogP contribution in [0.3, 0.4) is 0 Å². The SMILES string of the molecule is O=C(Nc1ccc(C2C3CCC2CNC3)cc1)N1Cc2ccc(F)cc2C1. The number of fused-ring (bicyclic) bond motifs is 3. The van der Waals surface area contributed by atoms with Gasteiger partial charge in [0.2, 0.25) is 0 Å². The third-order valence-electron chi connectivity index (χ3n) is 6.46. The lowest BCUT2D eigenvalue weighted by Crippen LogP contribution is -2.36. The molecule has 0 radical (unpaired) electrons. The number of rotatable bonds is 2. The number of anilines is 1. The monoisotopic (exact) mass is 365 g/mol. The van der Waals surface area contributed by atoms with Gasteiger partial charge in [0, 0.05) is 18.8 Å². The van der Waals surface area contributed by atoms with E-state index in [9.17, 15) is 9.18 Å². The van der Waals surface area contributed by atoms with E-state index in [1.807, 2.05) is 12.1 Å². The number of nitrogens with zero attached hydrogens (tertiary/aromatic N) is 1. The van der Waals surface area contributed by atoms with Crippen LogP contribution in [0.2, 0.25) is 0 Å². The molecule has 1 saturated carbocycles. The maximum Gasteiger partial charge on any atom is 0.322 e. The second-order valence-electron chi connectivity index (χ2n) is 8.10. The van der Waals surface area contributed by atoms with Crippen LogP contribution < -0.4 is 10.6 Å². The van der Waals surface area contributed by atoms with Gasteiger partial charge < -0.3 is 15.5 Å². The van der Waals surface area contributed by atoms with Gasteiger partial charge in [-0.15, -0.1) is 0 Å². The molecule has 2 unspecified atom stereocenters. The summed E-state index contributed by atoms with van der Waals surface area (Å²) in [6.45, 7) is 3.22. The first kappa shape index (κ1) is 16.8. The van der Waals surface area contributed by atoms with Crippen molar-refractivity contribution in [3.8, 4) is 0 Å². The van der Waals surface area contributed by atoms with Crippen molar-refractivity contribution in [1.82, 2.24) is 10.2 Å². The Morgan fingerprint density at radius 2 is 1.70 bits per heavy atom. The third kappa shape index (κ3) is 3.10. The Kier molecular flexibility index (Phi) is 4.12. The molecule has 140 valence electrons. The molecule has 1 saturated heterocycles. The fraction of sp³-hybridized carbons (Fsp3) is 0.409. The molecule has 3 aliphatic rings. The molecule has 1 aliphatic carbocycles. The van der Waals surface area contributed by atoms with Crippen molar-refractivity contribution in [2.75, 3.05) is 18.4 Å². The first-order valence-corrected chi connectivity index (χ1v) is 9.81.